The zero-order valence-electron chi connectivity index (χ0n) is 12.5. The second kappa shape index (κ2) is 6.92. The number of thiazole rings is 1. The number of fused-ring (bicyclic) bond motifs is 1. The van der Waals surface area contributed by atoms with E-state index >= 15 is 0 Å². The van der Waals surface area contributed by atoms with Crippen LogP contribution in [0.25, 0.3) is 10.2 Å². The molecular weight excluding hydrogens is 354 g/mol. The van der Waals surface area contributed by atoms with E-state index in [1.54, 1.807) is 11.3 Å². The molecule has 0 aliphatic heterocycles. The van der Waals surface area contributed by atoms with Crippen LogP contribution in [0.4, 0.5) is 8.78 Å². The molecule has 0 radical (unpaired) electrons. The van der Waals surface area contributed by atoms with Crippen LogP contribution >= 0.6 is 11.3 Å². The molecule has 0 atom stereocenters. The van der Waals surface area contributed by atoms with Gasteiger partial charge in [-0.15, -0.1) is 11.3 Å². The van der Waals surface area contributed by atoms with E-state index in [-0.39, 0.29) is 6.54 Å². The standard InChI is InChI=1S/C16H14F2N2O2S2/c17-11-8-12(18)10-13(9-11)24(21,22)19-7-3-6-16-20-14-4-1-2-5-15(14)23-16/h1-2,4-5,8-10,19H,3,6-7H2. The van der Waals surface area contributed by atoms with Crippen LogP contribution in [0.15, 0.2) is 47.4 Å². The first-order valence-corrected chi connectivity index (χ1v) is 9.54. The van der Waals surface area contributed by atoms with Crippen molar-refractivity contribution in [3.05, 3.63) is 59.1 Å². The van der Waals surface area contributed by atoms with Gasteiger partial charge in [-0.2, -0.15) is 0 Å². The second-order valence-corrected chi connectivity index (χ2v) is 8.06. The van der Waals surface area contributed by atoms with E-state index in [1.165, 1.54) is 0 Å². The summed E-state index contributed by atoms with van der Waals surface area (Å²) in [5.41, 5.74) is 0.924. The van der Waals surface area contributed by atoms with Crippen LogP contribution in [-0.2, 0) is 16.4 Å². The lowest BCUT2D eigenvalue weighted by Gasteiger charge is -2.06. The minimum absolute atomic E-state index is 0.163. The van der Waals surface area contributed by atoms with Gasteiger partial charge in [0.05, 0.1) is 20.1 Å². The average Bonchev–Trinajstić information content (AvgIpc) is 2.93. The molecule has 3 aromatic rings. The average molecular weight is 368 g/mol. The number of para-hydroxylation sites is 1. The van der Waals surface area contributed by atoms with E-state index < -0.39 is 26.6 Å². The van der Waals surface area contributed by atoms with Crippen LogP contribution in [0.2, 0.25) is 0 Å². The van der Waals surface area contributed by atoms with E-state index in [0.717, 1.165) is 27.4 Å². The second-order valence-electron chi connectivity index (χ2n) is 5.18. The van der Waals surface area contributed by atoms with Gasteiger partial charge in [0.2, 0.25) is 10.0 Å². The van der Waals surface area contributed by atoms with Gasteiger partial charge in [0, 0.05) is 19.0 Å². The topological polar surface area (TPSA) is 59.1 Å². The van der Waals surface area contributed by atoms with Crippen LogP contribution in [0, 0.1) is 11.6 Å². The summed E-state index contributed by atoms with van der Waals surface area (Å²) in [5, 5.41) is 0.923. The molecule has 0 aliphatic rings. The van der Waals surface area contributed by atoms with Gasteiger partial charge >= 0.3 is 0 Å². The number of aryl methyl sites for hydroxylation is 1. The largest absolute Gasteiger partial charge is 0.241 e. The summed E-state index contributed by atoms with van der Waals surface area (Å²) in [7, 11) is -3.93. The Morgan fingerprint density at radius 3 is 2.50 bits per heavy atom. The Bertz CT molecular complexity index is 918. The van der Waals surface area contributed by atoms with Gasteiger partial charge < -0.3 is 0 Å². The fourth-order valence-electron chi connectivity index (χ4n) is 2.24. The molecule has 126 valence electrons. The maximum atomic E-state index is 13.1. The van der Waals surface area contributed by atoms with Gasteiger partial charge in [-0.3, -0.25) is 0 Å². The highest BCUT2D eigenvalue weighted by Gasteiger charge is 2.16. The molecule has 0 fully saturated rings. The Kier molecular flexibility index (Phi) is 4.88. The van der Waals surface area contributed by atoms with E-state index in [9.17, 15) is 17.2 Å². The molecule has 0 saturated carbocycles. The van der Waals surface area contributed by atoms with Gasteiger partial charge in [-0.05, 0) is 30.7 Å². The van der Waals surface area contributed by atoms with Crippen LogP contribution in [0.5, 0.6) is 0 Å². The number of halogens is 2. The molecule has 0 spiro atoms. The van der Waals surface area contributed by atoms with Crippen molar-refractivity contribution >= 4 is 31.6 Å². The Balaban J connectivity index is 1.59. The monoisotopic (exact) mass is 368 g/mol. The summed E-state index contributed by atoms with van der Waals surface area (Å²) < 4.78 is 53.8. The van der Waals surface area contributed by atoms with Crippen molar-refractivity contribution in [1.82, 2.24) is 9.71 Å². The Morgan fingerprint density at radius 1 is 1.08 bits per heavy atom. The molecule has 1 heterocycles. The van der Waals surface area contributed by atoms with Crippen molar-refractivity contribution < 1.29 is 17.2 Å². The lowest BCUT2D eigenvalue weighted by Crippen LogP contribution is -2.25. The maximum Gasteiger partial charge on any atom is 0.240 e. The number of hydrogen-bond donors (Lipinski definition) is 1. The molecule has 3 rings (SSSR count). The fraction of sp³-hybridized carbons (Fsp3) is 0.188. The van der Waals surface area contributed by atoms with Crippen molar-refractivity contribution in [2.45, 2.75) is 17.7 Å². The first-order valence-electron chi connectivity index (χ1n) is 7.24. The smallest absolute Gasteiger partial charge is 0.240 e. The molecule has 0 amide bonds. The number of hydrogen-bond acceptors (Lipinski definition) is 4. The molecule has 0 saturated heterocycles. The molecule has 24 heavy (non-hydrogen) atoms. The highest BCUT2D eigenvalue weighted by atomic mass is 32.2. The van der Waals surface area contributed by atoms with Gasteiger partial charge in [-0.25, -0.2) is 26.9 Å². The minimum Gasteiger partial charge on any atom is -0.241 e. The molecular formula is C16H14F2N2O2S2. The third-order valence-corrected chi connectivity index (χ3v) is 5.88. The van der Waals surface area contributed by atoms with Gasteiger partial charge in [-0.1, -0.05) is 12.1 Å². The number of sulfonamides is 1. The maximum absolute atomic E-state index is 13.1. The molecule has 0 aliphatic carbocycles. The molecule has 8 heteroatoms. The molecule has 1 aromatic heterocycles. The first kappa shape index (κ1) is 16.9. The molecule has 1 N–H and O–H groups in total. The van der Waals surface area contributed by atoms with Crippen LogP contribution < -0.4 is 4.72 Å². The summed E-state index contributed by atoms with van der Waals surface area (Å²) in [6.07, 6.45) is 1.16. The van der Waals surface area contributed by atoms with Gasteiger partial charge in [0.25, 0.3) is 0 Å². The van der Waals surface area contributed by atoms with Crippen molar-refractivity contribution in [1.29, 1.82) is 0 Å². The quantitative estimate of drug-likeness (QED) is 0.678. The van der Waals surface area contributed by atoms with Crippen molar-refractivity contribution in [3.63, 3.8) is 0 Å². The zero-order chi connectivity index (χ0) is 17.2. The van der Waals surface area contributed by atoms with E-state index in [2.05, 4.69) is 9.71 Å². The summed E-state index contributed by atoms with van der Waals surface area (Å²) in [4.78, 5) is 4.05. The molecule has 0 unspecified atom stereocenters. The first-order chi connectivity index (χ1) is 11.4. The molecule has 4 nitrogen and oxygen atoms in total. The Labute approximate surface area is 142 Å². The van der Waals surface area contributed by atoms with Crippen molar-refractivity contribution in [3.8, 4) is 0 Å². The van der Waals surface area contributed by atoms with E-state index in [0.29, 0.717) is 18.9 Å². The summed E-state index contributed by atoms with van der Waals surface area (Å²) in [5.74, 6) is -1.85. The summed E-state index contributed by atoms with van der Waals surface area (Å²) in [6.45, 7) is 0.163. The predicted molar refractivity (Wildman–Crippen MR) is 89.5 cm³/mol. The fourth-order valence-corrected chi connectivity index (χ4v) is 4.36. The number of rotatable bonds is 6. The third kappa shape index (κ3) is 3.95. The van der Waals surface area contributed by atoms with Crippen LogP contribution in [0.1, 0.15) is 11.4 Å². The zero-order valence-corrected chi connectivity index (χ0v) is 14.1. The van der Waals surface area contributed by atoms with E-state index in [4.69, 9.17) is 0 Å². The van der Waals surface area contributed by atoms with Crippen molar-refractivity contribution in [2.75, 3.05) is 6.54 Å². The van der Waals surface area contributed by atoms with Gasteiger partial charge in [0.1, 0.15) is 11.6 Å². The number of aromatic nitrogens is 1. The number of nitrogens with zero attached hydrogens (tertiary/aromatic N) is 1. The highest BCUT2D eigenvalue weighted by Crippen LogP contribution is 2.22. The highest BCUT2D eigenvalue weighted by molar-refractivity contribution is 7.89. The Hall–Kier alpha value is -1.90. The molecule has 2 aromatic carbocycles. The SMILES string of the molecule is O=S(=O)(NCCCc1nc2ccccc2s1)c1cc(F)cc(F)c1. The lowest BCUT2D eigenvalue weighted by molar-refractivity contribution is 0.560. The number of nitrogens with one attached hydrogen (secondary N) is 1. The number of benzene rings is 2. The lowest BCUT2D eigenvalue weighted by atomic mass is 10.3. The summed E-state index contributed by atoms with van der Waals surface area (Å²) in [6, 6.07) is 9.98. The summed E-state index contributed by atoms with van der Waals surface area (Å²) >= 11 is 1.57. The van der Waals surface area contributed by atoms with Crippen molar-refractivity contribution in [2.24, 2.45) is 0 Å². The van der Waals surface area contributed by atoms with Crippen LogP contribution in [0.3, 0.4) is 0 Å². The predicted octanol–water partition coefficient (Wildman–Crippen LogP) is 3.49. The Morgan fingerprint density at radius 2 is 1.79 bits per heavy atom. The minimum atomic E-state index is -3.93. The van der Waals surface area contributed by atoms with Crippen LogP contribution in [-0.4, -0.2) is 19.9 Å². The van der Waals surface area contributed by atoms with Gasteiger partial charge in [0.15, 0.2) is 0 Å². The van der Waals surface area contributed by atoms with E-state index in [1.807, 2.05) is 24.3 Å². The third-order valence-electron chi connectivity index (χ3n) is 3.34. The molecule has 0 bridgehead atoms. The normalized spacial score (nSPS) is 11.9.